The second-order valence-electron chi connectivity index (χ2n) is 7.32. The highest BCUT2D eigenvalue weighted by Gasteiger charge is 2.26. The lowest BCUT2D eigenvalue weighted by molar-refractivity contribution is 0.0953. The smallest absolute Gasteiger partial charge is 0.251 e. The summed E-state index contributed by atoms with van der Waals surface area (Å²) < 4.78 is 46.7. The zero-order valence-electron chi connectivity index (χ0n) is 16.4. The Bertz CT molecular complexity index is 953. The summed E-state index contributed by atoms with van der Waals surface area (Å²) in [5.41, 5.74) is -0.0270. The van der Waals surface area contributed by atoms with E-state index < -0.39 is 21.5 Å². The predicted octanol–water partition coefficient (Wildman–Crippen LogP) is 2.88. The highest BCUT2D eigenvalue weighted by atomic mass is 32.2. The number of hydrogen-bond acceptors (Lipinski definition) is 4. The van der Waals surface area contributed by atoms with E-state index in [1.54, 1.807) is 39.0 Å². The maximum atomic E-state index is 13.6. The van der Waals surface area contributed by atoms with Crippen LogP contribution in [-0.2, 0) is 16.4 Å². The molecule has 0 aliphatic heterocycles. The summed E-state index contributed by atoms with van der Waals surface area (Å²) in [6, 6.07) is 10.5. The van der Waals surface area contributed by atoms with Crippen molar-refractivity contribution in [3.63, 3.8) is 0 Å². The molecule has 0 unspecified atom stereocenters. The number of carbonyl (C=O) groups is 1. The van der Waals surface area contributed by atoms with Gasteiger partial charge in [-0.05, 0) is 57.0 Å². The molecule has 0 fully saturated rings. The van der Waals surface area contributed by atoms with E-state index in [-0.39, 0.29) is 28.6 Å². The summed E-state index contributed by atoms with van der Waals surface area (Å²) in [5.74, 6) is -0.645. The quantitative estimate of drug-likeness (QED) is 0.738. The SMILES string of the molecule is COc1ccc(C(=O)NCCc2ccccc2F)cc1S(=O)(=O)NC(C)(C)C. The van der Waals surface area contributed by atoms with Crippen molar-refractivity contribution >= 4 is 15.9 Å². The second-order valence-corrected chi connectivity index (χ2v) is 8.97. The van der Waals surface area contributed by atoms with Crippen LogP contribution in [0.25, 0.3) is 0 Å². The number of ether oxygens (including phenoxy) is 1. The van der Waals surface area contributed by atoms with Crippen LogP contribution >= 0.6 is 0 Å². The van der Waals surface area contributed by atoms with Crippen molar-refractivity contribution in [3.8, 4) is 5.75 Å². The molecule has 0 spiro atoms. The minimum Gasteiger partial charge on any atom is -0.495 e. The van der Waals surface area contributed by atoms with Crippen molar-refractivity contribution in [2.45, 2.75) is 37.6 Å². The minimum absolute atomic E-state index is 0.119. The van der Waals surface area contributed by atoms with Crippen LogP contribution in [0.5, 0.6) is 5.75 Å². The van der Waals surface area contributed by atoms with Crippen LogP contribution in [0.1, 0.15) is 36.7 Å². The third-order valence-corrected chi connectivity index (χ3v) is 5.57. The van der Waals surface area contributed by atoms with Crippen LogP contribution in [0.3, 0.4) is 0 Å². The Morgan fingerprint density at radius 3 is 2.43 bits per heavy atom. The molecule has 0 atom stereocenters. The second kappa shape index (κ2) is 8.70. The third kappa shape index (κ3) is 5.77. The summed E-state index contributed by atoms with van der Waals surface area (Å²) in [4.78, 5) is 12.3. The predicted molar refractivity (Wildman–Crippen MR) is 106 cm³/mol. The Morgan fingerprint density at radius 1 is 1.14 bits per heavy atom. The summed E-state index contributed by atoms with van der Waals surface area (Å²) in [5, 5.41) is 2.68. The lowest BCUT2D eigenvalue weighted by Crippen LogP contribution is -2.40. The van der Waals surface area contributed by atoms with Crippen LogP contribution in [-0.4, -0.2) is 33.5 Å². The van der Waals surface area contributed by atoms with Crippen molar-refractivity contribution < 1.29 is 22.3 Å². The highest BCUT2D eigenvalue weighted by molar-refractivity contribution is 7.89. The third-order valence-electron chi connectivity index (χ3n) is 3.79. The van der Waals surface area contributed by atoms with E-state index in [1.807, 2.05) is 0 Å². The lowest BCUT2D eigenvalue weighted by Gasteiger charge is -2.21. The molecule has 0 saturated carbocycles. The van der Waals surface area contributed by atoms with Crippen LogP contribution in [0.2, 0.25) is 0 Å². The monoisotopic (exact) mass is 408 g/mol. The van der Waals surface area contributed by atoms with E-state index >= 15 is 0 Å². The Labute approximate surface area is 165 Å². The van der Waals surface area contributed by atoms with Gasteiger partial charge in [-0.3, -0.25) is 4.79 Å². The number of hydrogen-bond donors (Lipinski definition) is 2. The first-order valence-corrected chi connectivity index (χ1v) is 10.3. The van der Waals surface area contributed by atoms with Gasteiger partial charge in [0.15, 0.2) is 0 Å². The van der Waals surface area contributed by atoms with Gasteiger partial charge < -0.3 is 10.1 Å². The van der Waals surface area contributed by atoms with Gasteiger partial charge in [0, 0.05) is 17.6 Å². The van der Waals surface area contributed by atoms with Crippen LogP contribution in [0.4, 0.5) is 4.39 Å². The standard InChI is InChI=1S/C20H25FN2O4S/c1-20(2,3)23-28(25,26)18-13-15(9-10-17(18)27-4)19(24)22-12-11-14-7-5-6-8-16(14)21/h5-10,13,23H,11-12H2,1-4H3,(H,22,24). The molecule has 0 bridgehead atoms. The fraction of sp³-hybridized carbons (Fsp3) is 0.350. The molecule has 0 radical (unpaired) electrons. The first-order valence-electron chi connectivity index (χ1n) is 8.77. The van der Waals surface area contributed by atoms with Crippen LogP contribution < -0.4 is 14.8 Å². The van der Waals surface area contributed by atoms with Crippen molar-refractivity contribution in [2.24, 2.45) is 0 Å². The average molecular weight is 408 g/mol. The van der Waals surface area contributed by atoms with Gasteiger partial charge in [-0.1, -0.05) is 18.2 Å². The largest absolute Gasteiger partial charge is 0.495 e. The molecule has 0 aromatic heterocycles. The van der Waals surface area contributed by atoms with Gasteiger partial charge in [0.25, 0.3) is 5.91 Å². The van der Waals surface area contributed by atoms with Crippen LogP contribution in [0, 0.1) is 5.82 Å². The van der Waals surface area contributed by atoms with Gasteiger partial charge in [0.1, 0.15) is 16.5 Å². The van der Waals surface area contributed by atoms with E-state index in [4.69, 9.17) is 4.74 Å². The molecule has 0 saturated heterocycles. The number of benzene rings is 2. The normalized spacial score (nSPS) is 11.9. The Balaban J connectivity index is 2.17. The number of carbonyl (C=O) groups excluding carboxylic acids is 1. The molecule has 8 heteroatoms. The highest BCUT2D eigenvalue weighted by Crippen LogP contribution is 2.26. The average Bonchev–Trinajstić information content (AvgIpc) is 2.60. The first kappa shape index (κ1) is 21.8. The first-order chi connectivity index (χ1) is 13.0. The topological polar surface area (TPSA) is 84.5 Å². The molecule has 28 heavy (non-hydrogen) atoms. The summed E-state index contributed by atoms with van der Waals surface area (Å²) >= 11 is 0. The van der Waals surface area contributed by atoms with Gasteiger partial charge in [-0.2, -0.15) is 0 Å². The maximum Gasteiger partial charge on any atom is 0.251 e. The van der Waals surface area contributed by atoms with Crippen molar-refractivity contribution in [3.05, 3.63) is 59.4 Å². The molecule has 0 heterocycles. The van der Waals surface area contributed by atoms with E-state index in [1.165, 1.54) is 31.4 Å². The number of methoxy groups -OCH3 is 1. The molecule has 0 aliphatic carbocycles. The summed E-state index contributed by atoms with van der Waals surface area (Å²) in [7, 11) is -2.53. The number of rotatable bonds is 7. The number of halogens is 1. The van der Waals surface area contributed by atoms with E-state index in [0.29, 0.717) is 12.0 Å². The van der Waals surface area contributed by atoms with Crippen molar-refractivity contribution in [2.75, 3.05) is 13.7 Å². The number of amides is 1. The number of sulfonamides is 1. The molecule has 2 aromatic rings. The molecule has 6 nitrogen and oxygen atoms in total. The van der Waals surface area contributed by atoms with Crippen LogP contribution in [0.15, 0.2) is 47.4 Å². The fourth-order valence-corrected chi connectivity index (χ4v) is 4.21. The molecule has 2 N–H and O–H groups in total. The Kier molecular flexibility index (Phi) is 6.79. The zero-order chi connectivity index (χ0) is 20.9. The zero-order valence-corrected chi connectivity index (χ0v) is 17.2. The molecule has 0 aliphatic rings. The molecular weight excluding hydrogens is 383 g/mol. The van der Waals surface area contributed by atoms with E-state index in [2.05, 4.69) is 10.0 Å². The minimum atomic E-state index is -3.89. The van der Waals surface area contributed by atoms with Crippen molar-refractivity contribution in [1.29, 1.82) is 0 Å². The van der Waals surface area contributed by atoms with E-state index in [9.17, 15) is 17.6 Å². The fourth-order valence-electron chi connectivity index (χ4n) is 2.60. The Hall–Kier alpha value is -2.45. The van der Waals surface area contributed by atoms with Gasteiger partial charge >= 0.3 is 0 Å². The summed E-state index contributed by atoms with van der Waals surface area (Å²) in [6.07, 6.45) is 0.325. The molecule has 2 rings (SSSR count). The molecule has 1 amide bonds. The summed E-state index contributed by atoms with van der Waals surface area (Å²) in [6.45, 7) is 5.37. The van der Waals surface area contributed by atoms with Gasteiger partial charge in [0.05, 0.1) is 7.11 Å². The van der Waals surface area contributed by atoms with Gasteiger partial charge in [-0.25, -0.2) is 17.5 Å². The molecule has 2 aromatic carbocycles. The van der Waals surface area contributed by atoms with Gasteiger partial charge in [-0.15, -0.1) is 0 Å². The van der Waals surface area contributed by atoms with Crippen molar-refractivity contribution in [1.82, 2.24) is 10.0 Å². The van der Waals surface area contributed by atoms with Gasteiger partial charge in [0.2, 0.25) is 10.0 Å². The Morgan fingerprint density at radius 2 is 1.82 bits per heavy atom. The number of nitrogens with one attached hydrogen (secondary N) is 2. The maximum absolute atomic E-state index is 13.6. The molecular formula is C20H25FN2O4S. The lowest BCUT2D eigenvalue weighted by atomic mass is 10.1. The van der Waals surface area contributed by atoms with E-state index in [0.717, 1.165) is 0 Å². The molecule has 152 valence electrons.